The van der Waals surface area contributed by atoms with E-state index in [4.69, 9.17) is 11.0 Å². The Hall–Kier alpha value is -3.18. The van der Waals surface area contributed by atoms with Crippen molar-refractivity contribution in [2.75, 3.05) is 0 Å². The quantitative estimate of drug-likeness (QED) is 0.390. The zero-order chi connectivity index (χ0) is 16.8. The van der Waals surface area contributed by atoms with Gasteiger partial charge >= 0.3 is 0 Å². The lowest BCUT2D eigenvalue weighted by atomic mass is 10.1. The maximum atomic E-state index is 11.2. The normalized spacial score (nSPS) is 10.8. The minimum absolute atomic E-state index is 0.142. The van der Waals surface area contributed by atoms with Crippen LogP contribution in [0.5, 0.6) is 0 Å². The third-order valence-corrected chi connectivity index (χ3v) is 3.74. The van der Waals surface area contributed by atoms with Crippen molar-refractivity contribution in [1.82, 2.24) is 4.98 Å². The van der Waals surface area contributed by atoms with Gasteiger partial charge in [0, 0.05) is 12.3 Å². The maximum absolute atomic E-state index is 11.2. The summed E-state index contributed by atoms with van der Waals surface area (Å²) in [7, 11) is 0. The Balaban J connectivity index is 2.42. The summed E-state index contributed by atoms with van der Waals surface area (Å²) in [6, 6.07) is 11.3. The number of carbonyl (C=O) groups is 1. The molecule has 0 fully saturated rings. The van der Waals surface area contributed by atoms with Gasteiger partial charge in [-0.2, -0.15) is 5.26 Å². The van der Waals surface area contributed by atoms with E-state index in [1.54, 1.807) is 42.6 Å². The topological polar surface area (TPSA) is 123 Å². The lowest BCUT2D eigenvalue weighted by Gasteiger charge is -2.03. The maximum Gasteiger partial charge on any atom is 0.283 e. The van der Waals surface area contributed by atoms with Gasteiger partial charge in [0.1, 0.15) is 16.7 Å². The zero-order valence-corrected chi connectivity index (χ0v) is 12.5. The first-order chi connectivity index (χ1) is 11.0. The first-order valence-electron chi connectivity index (χ1n) is 6.30. The Labute approximate surface area is 135 Å². The highest BCUT2D eigenvalue weighted by molar-refractivity contribution is 7.99. The van der Waals surface area contributed by atoms with E-state index in [0.29, 0.717) is 15.5 Å². The molecular weight excluding hydrogens is 316 g/mol. The number of rotatable bonds is 5. The van der Waals surface area contributed by atoms with Crippen LogP contribution >= 0.6 is 11.8 Å². The molecule has 1 amide bonds. The molecule has 23 heavy (non-hydrogen) atoms. The third kappa shape index (κ3) is 4.15. The van der Waals surface area contributed by atoms with E-state index in [1.165, 1.54) is 12.1 Å². The fourth-order valence-electron chi connectivity index (χ4n) is 1.70. The highest BCUT2D eigenvalue weighted by Crippen LogP contribution is 2.34. The molecule has 0 unspecified atom stereocenters. The van der Waals surface area contributed by atoms with Crippen LogP contribution < -0.4 is 5.73 Å². The van der Waals surface area contributed by atoms with Crippen molar-refractivity contribution in [2.24, 2.45) is 5.73 Å². The van der Waals surface area contributed by atoms with Gasteiger partial charge in [-0.25, -0.2) is 4.98 Å². The van der Waals surface area contributed by atoms with Crippen LogP contribution in [0.15, 0.2) is 58.1 Å². The first-order valence-corrected chi connectivity index (χ1v) is 7.12. The number of amides is 1. The van der Waals surface area contributed by atoms with Crippen molar-refractivity contribution in [3.05, 3.63) is 63.8 Å². The molecule has 0 saturated heterocycles. The van der Waals surface area contributed by atoms with Crippen LogP contribution in [0.3, 0.4) is 0 Å². The highest BCUT2D eigenvalue weighted by atomic mass is 32.2. The molecule has 0 aliphatic rings. The van der Waals surface area contributed by atoms with Crippen molar-refractivity contribution in [2.45, 2.75) is 9.92 Å². The van der Waals surface area contributed by atoms with Crippen LogP contribution in [0.1, 0.15) is 5.56 Å². The molecule has 0 aliphatic carbocycles. The van der Waals surface area contributed by atoms with Crippen molar-refractivity contribution in [3.8, 4) is 6.07 Å². The Kier molecular flexibility index (Phi) is 5.07. The Bertz CT molecular complexity index is 828. The highest BCUT2D eigenvalue weighted by Gasteiger charge is 2.16. The summed E-state index contributed by atoms with van der Waals surface area (Å²) in [5.74, 6) is -0.887. The second kappa shape index (κ2) is 7.20. The number of carbonyl (C=O) groups excluding carboxylic acids is 1. The molecule has 1 aromatic carbocycles. The summed E-state index contributed by atoms with van der Waals surface area (Å²) in [5.41, 5.74) is 4.98. The van der Waals surface area contributed by atoms with Crippen molar-refractivity contribution in [3.63, 3.8) is 0 Å². The number of nitro groups is 1. The zero-order valence-electron chi connectivity index (χ0n) is 11.7. The molecule has 1 aromatic heterocycles. The Morgan fingerprint density at radius 1 is 1.39 bits per heavy atom. The number of benzene rings is 1. The summed E-state index contributed by atoms with van der Waals surface area (Å²) in [6.07, 6.45) is 2.81. The van der Waals surface area contributed by atoms with E-state index in [1.807, 2.05) is 0 Å². The monoisotopic (exact) mass is 326 g/mol. The van der Waals surface area contributed by atoms with Gasteiger partial charge in [0.05, 0.1) is 9.82 Å². The minimum Gasteiger partial charge on any atom is -0.365 e. The minimum atomic E-state index is -0.887. The summed E-state index contributed by atoms with van der Waals surface area (Å²) < 4.78 is 0. The Morgan fingerprint density at radius 3 is 2.74 bits per heavy atom. The summed E-state index contributed by atoms with van der Waals surface area (Å²) in [4.78, 5) is 26.3. The molecule has 1 heterocycles. The fraction of sp³-hybridized carbons (Fsp3) is 0. The lowest BCUT2D eigenvalue weighted by molar-refractivity contribution is -0.387. The summed E-state index contributed by atoms with van der Waals surface area (Å²) in [5, 5.41) is 20.7. The van der Waals surface area contributed by atoms with Crippen LogP contribution in [-0.4, -0.2) is 15.8 Å². The number of primary amides is 1. The summed E-state index contributed by atoms with van der Waals surface area (Å²) in [6.45, 7) is 0. The van der Waals surface area contributed by atoms with E-state index in [0.717, 1.165) is 11.8 Å². The molecule has 2 aromatic rings. The van der Waals surface area contributed by atoms with Gasteiger partial charge in [0.15, 0.2) is 0 Å². The fourth-order valence-corrected chi connectivity index (χ4v) is 2.56. The molecule has 0 radical (unpaired) electrons. The van der Waals surface area contributed by atoms with Gasteiger partial charge in [-0.1, -0.05) is 23.9 Å². The van der Waals surface area contributed by atoms with Crippen LogP contribution in [0.25, 0.3) is 6.08 Å². The van der Waals surface area contributed by atoms with Gasteiger partial charge in [-0.3, -0.25) is 14.9 Å². The van der Waals surface area contributed by atoms with Gasteiger partial charge in [-0.05, 0) is 29.8 Å². The average molecular weight is 326 g/mol. The van der Waals surface area contributed by atoms with Gasteiger partial charge in [0.25, 0.3) is 11.6 Å². The molecule has 0 bridgehead atoms. The summed E-state index contributed by atoms with van der Waals surface area (Å²) >= 11 is 1.15. The van der Waals surface area contributed by atoms with Gasteiger partial charge in [0.2, 0.25) is 0 Å². The molecule has 2 N–H and O–H groups in total. The van der Waals surface area contributed by atoms with Crippen LogP contribution in [0.4, 0.5) is 5.69 Å². The number of aromatic nitrogens is 1. The number of nitro benzene ring substituents is 1. The number of nitriles is 1. The largest absolute Gasteiger partial charge is 0.365 e. The van der Waals surface area contributed by atoms with E-state index in [9.17, 15) is 14.9 Å². The number of nitrogens with two attached hydrogens (primary N) is 1. The molecular formula is C15H10N4O3S. The molecule has 7 nitrogen and oxygen atoms in total. The van der Waals surface area contributed by atoms with E-state index >= 15 is 0 Å². The van der Waals surface area contributed by atoms with E-state index < -0.39 is 10.8 Å². The lowest BCUT2D eigenvalue weighted by Crippen LogP contribution is -2.12. The van der Waals surface area contributed by atoms with E-state index in [-0.39, 0.29) is 11.3 Å². The predicted octanol–water partition coefficient (Wildman–Crippen LogP) is 2.53. The molecule has 2 rings (SSSR count). The number of pyridine rings is 1. The number of hydrogen-bond donors (Lipinski definition) is 1. The number of hydrogen-bond acceptors (Lipinski definition) is 6. The smallest absolute Gasteiger partial charge is 0.283 e. The number of nitrogens with zero attached hydrogens (tertiary/aromatic N) is 3. The second-order valence-electron chi connectivity index (χ2n) is 4.29. The first kappa shape index (κ1) is 16.2. The molecule has 114 valence electrons. The molecule has 0 spiro atoms. The van der Waals surface area contributed by atoms with Crippen molar-refractivity contribution < 1.29 is 9.72 Å². The molecule has 0 atom stereocenters. The third-order valence-electron chi connectivity index (χ3n) is 2.73. The van der Waals surface area contributed by atoms with Crippen LogP contribution in [0, 0.1) is 21.4 Å². The Morgan fingerprint density at radius 2 is 2.17 bits per heavy atom. The standard InChI is InChI=1S/C15H10N4O3S/c16-9-11(15(17)20)7-10-4-5-13(12(8-10)19(21)22)23-14-3-1-2-6-18-14/h1-8H,(H2,17,20)/b11-7+. The van der Waals surface area contributed by atoms with Crippen molar-refractivity contribution >= 4 is 29.4 Å². The SMILES string of the molecule is N#C/C(=C\c1ccc(Sc2ccccn2)c([N+](=O)[O-])c1)C(N)=O. The molecule has 8 heteroatoms. The second-order valence-corrected chi connectivity index (χ2v) is 5.35. The molecule has 0 saturated carbocycles. The van der Waals surface area contributed by atoms with Crippen LogP contribution in [-0.2, 0) is 4.79 Å². The van der Waals surface area contributed by atoms with Crippen molar-refractivity contribution in [1.29, 1.82) is 5.26 Å². The molecule has 0 aliphatic heterocycles. The van der Waals surface area contributed by atoms with Gasteiger partial charge in [-0.15, -0.1) is 0 Å². The van der Waals surface area contributed by atoms with E-state index in [2.05, 4.69) is 4.98 Å². The van der Waals surface area contributed by atoms with Crippen LogP contribution in [0.2, 0.25) is 0 Å². The average Bonchev–Trinajstić information content (AvgIpc) is 2.54. The predicted molar refractivity (Wildman–Crippen MR) is 84.2 cm³/mol. The van der Waals surface area contributed by atoms with Gasteiger partial charge < -0.3 is 5.73 Å².